The molecule has 26 heavy (non-hydrogen) atoms. The first-order chi connectivity index (χ1) is 12.8. The van der Waals surface area contributed by atoms with Gasteiger partial charge in [-0.15, -0.1) is 10.2 Å². The van der Waals surface area contributed by atoms with Crippen LogP contribution in [-0.2, 0) is 11.3 Å². The van der Waals surface area contributed by atoms with Crippen molar-refractivity contribution in [3.05, 3.63) is 47.7 Å². The second-order valence-corrected chi connectivity index (χ2v) is 8.28. The normalized spacial score (nSPS) is 14.0. The van der Waals surface area contributed by atoms with Gasteiger partial charge in [0.05, 0.1) is 5.75 Å². The second kappa shape index (κ2) is 9.73. The number of allylic oxidation sites excluding steroid dienone is 2. The fourth-order valence-electron chi connectivity index (χ4n) is 2.92. The standard InChI is InChI=1S/C19H24N4OS2/c1-2-23(16-11-7-4-8-12-16)17(24)14-25-19-22-21-18(26-19)20-13-15-9-5-3-6-10-15/h3,5-6,9-11H,2,4,7-8,12-14H2,1H3,(H,20,21). The van der Waals surface area contributed by atoms with Crippen molar-refractivity contribution in [3.8, 4) is 0 Å². The number of amides is 1. The highest BCUT2D eigenvalue weighted by atomic mass is 32.2. The van der Waals surface area contributed by atoms with Gasteiger partial charge in [-0.3, -0.25) is 4.79 Å². The maximum absolute atomic E-state index is 12.6. The Morgan fingerprint density at radius 2 is 2.12 bits per heavy atom. The molecule has 1 aliphatic carbocycles. The van der Waals surface area contributed by atoms with Crippen molar-refractivity contribution in [3.63, 3.8) is 0 Å². The van der Waals surface area contributed by atoms with Gasteiger partial charge in [-0.05, 0) is 38.2 Å². The van der Waals surface area contributed by atoms with Crippen LogP contribution < -0.4 is 5.32 Å². The van der Waals surface area contributed by atoms with Gasteiger partial charge in [0.1, 0.15) is 0 Å². The van der Waals surface area contributed by atoms with Gasteiger partial charge in [-0.1, -0.05) is 59.5 Å². The number of thioether (sulfide) groups is 1. The van der Waals surface area contributed by atoms with Crippen LogP contribution in [0.2, 0.25) is 0 Å². The van der Waals surface area contributed by atoms with E-state index in [1.54, 1.807) is 0 Å². The second-order valence-electron chi connectivity index (χ2n) is 6.08. The number of carbonyl (C=O) groups is 1. The average molecular weight is 389 g/mol. The lowest BCUT2D eigenvalue weighted by molar-refractivity contribution is -0.126. The molecule has 0 unspecified atom stereocenters. The number of hydrogen-bond acceptors (Lipinski definition) is 6. The van der Waals surface area contributed by atoms with Crippen molar-refractivity contribution in [2.75, 3.05) is 17.6 Å². The largest absolute Gasteiger partial charge is 0.356 e. The molecule has 1 amide bonds. The van der Waals surface area contributed by atoms with Crippen LogP contribution in [-0.4, -0.2) is 33.3 Å². The van der Waals surface area contributed by atoms with Gasteiger partial charge in [-0.25, -0.2) is 0 Å². The summed E-state index contributed by atoms with van der Waals surface area (Å²) in [5.74, 6) is 0.554. The van der Waals surface area contributed by atoms with Crippen LogP contribution in [0.4, 0.5) is 5.13 Å². The van der Waals surface area contributed by atoms with Gasteiger partial charge in [-0.2, -0.15) is 0 Å². The highest BCUT2D eigenvalue weighted by Crippen LogP contribution is 2.27. The predicted molar refractivity (Wildman–Crippen MR) is 108 cm³/mol. The van der Waals surface area contributed by atoms with Gasteiger partial charge in [0.25, 0.3) is 0 Å². The Balaban J connectivity index is 1.49. The van der Waals surface area contributed by atoms with E-state index in [9.17, 15) is 4.79 Å². The number of aromatic nitrogens is 2. The monoisotopic (exact) mass is 388 g/mol. The molecule has 0 spiro atoms. The summed E-state index contributed by atoms with van der Waals surface area (Å²) in [6, 6.07) is 10.2. The quantitative estimate of drug-likeness (QED) is 0.672. The molecule has 0 bridgehead atoms. The third kappa shape index (κ3) is 5.32. The Hall–Kier alpha value is -1.86. The fraction of sp³-hybridized carbons (Fsp3) is 0.421. The zero-order valence-corrected chi connectivity index (χ0v) is 16.6. The molecule has 0 saturated carbocycles. The molecule has 0 atom stereocenters. The SMILES string of the molecule is CCN(C(=O)CSc1nnc(NCc2ccccc2)s1)C1=CCCCC1. The number of benzene rings is 1. The summed E-state index contributed by atoms with van der Waals surface area (Å²) in [6.07, 6.45) is 6.71. The zero-order valence-electron chi connectivity index (χ0n) is 15.0. The van der Waals surface area contributed by atoms with Crippen LogP contribution in [0.1, 0.15) is 38.2 Å². The molecule has 138 valence electrons. The molecule has 5 nitrogen and oxygen atoms in total. The minimum atomic E-state index is 0.152. The molecule has 1 aromatic heterocycles. The van der Waals surface area contributed by atoms with E-state index in [0.29, 0.717) is 5.75 Å². The zero-order chi connectivity index (χ0) is 18.2. The summed E-state index contributed by atoms with van der Waals surface area (Å²) in [5, 5.41) is 12.4. The average Bonchev–Trinajstić information content (AvgIpc) is 3.15. The fourth-order valence-corrected chi connectivity index (χ4v) is 4.54. The molecule has 0 fully saturated rings. The molecular formula is C19H24N4OS2. The van der Waals surface area contributed by atoms with E-state index in [1.807, 2.05) is 30.0 Å². The maximum Gasteiger partial charge on any atom is 0.237 e. The van der Waals surface area contributed by atoms with Crippen molar-refractivity contribution in [1.82, 2.24) is 15.1 Å². The molecule has 1 N–H and O–H groups in total. The summed E-state index contributed by atoms with van der Waals surface area (Å²) < 4.78 is 0.822. The van der Waals surface area contributed by atoms with Gasteiger partial charge in [0.2, 0.25) is 11.0 Å². The van der Waals surface area contributed by atoms with Crippen molar-refractivity contribution >= 4 is 34.1 Å². The van der Waals surface area contributed by atoms with Crippen LogP contribution in [0.25, 0.3) is 0 Å². The minimum absolute atomic E-state index is 0.152. The Morgan fingerprint density at radius 1 is 1.27 bits per heavy atom. The highest BCUT2D eigenvalue weighted by molar-refractivity contribution is 8.01. The molecule has 7 heteroatoms. The Bertz CT molecular complexity index is 745. The van der Waals surface area contributed by atoms with Crippen LogP contribution in [0.5, 0.6) is 0 Å². The first kappa shape index (κ1) is 18.9. The van der Waals surface area contributed by atoms with Crippen LogP contribution in [0, 0.1) is 0 Å². The lowest BCUT2D eigenvalue weighted by atomic mass is 10.0. The molecule has 1 heterocycles. The summed E-state index contributed by atoms with van der Waals surface area (Å²) >= 11 is 2.96. The molecule has 0 radical (unpaired) electrons. The van der Waals surface area contributed by atoms with E-state index in [4.69, 9.17) is 0 Å². The molecule has 0 aliphatic heterocycles. The Labute approximate surface area is 162 Å². The van der Waals surface area contributed by atoms with Crippen molar-refractivity contribution in [1.29, 1.82) is 0 Å². The van der Waals surface area contributed by atoms with Gasteiger partial charge >= 0.3 is 0 Å². The Morgan fingerprint density at radius 3 is 2.85 bits per heavy atom. The highest BCUT2D eigenvalue weighted by Gasteiger charge is 2.18. The summed E-state index contributed by atoms with van der Waals surface area (Å²) in [7, 11) is 0. The van der Waals surface area contributed by atoms with Crippen molar-refractivity contribution in [2.45, 2.75) is 43.5 Å². The lowest BCUT2D eigenvalue weighted by Gasteiger charge is -2.26. The third-order valence-electron chi connectivity index (χ3n) is 4.24. The number of anilines is 1. The van der Waals surface area contributed by atoms with E-state index in [-0.39, 0.29) is 5.91 Å². The van der Waals surface area contributed by atoms with Crippen LogP contribution in [0.15, 0.2) is 46.4 Å². The molecule has 1 aliphatic rings. The number of nitrogens with zero attached hydrogens (tertiary/aromatic N) is 3. The van der Waals surface area contributed by atoms with Crippen LogP contribution >= 0.6 is 23.1 Å². The molecule has 3 rings (SSSR count). The lowest BCUT2D eigenvalue weighted by Crippen LogP contribution is -2.32. The topological polar surface area (TPSA) is 58.1 Å². The third-order valence-corrected chi connectivity index (χ3v) is 6.24. The predicted octanol–water partition coefficient (Wildman–Crippen LogP) is 4.55. The number of nitrogens with one attached hydrogen (secondary N) is 1. The van der Waals surface area contributed by atoms with Gasteiger partial charge in [0.15, 0.2) is 4.34 Å². The summed E-state index contributed by atoms with van der Waals surface area (Å²) in [4.78, 5) is 14.5. The summed E-state index contributed by atoms with van der Waals surface area (Å²) in [6.45, 7) is 3.48. The maximum atomic E-state index is 12.6. The van der Waals surface area contributed by atoms with E-state index in [1.165, 1.54) is 47.2 Å². The van der Waals surface area contributed by atoms with E-state index >= 15 is 0 Å². The minimum Gasteiger partial charge on any atom is -0.356 e. The molecule has 1 aromatic carbocycles. The first-order valence-corrected chi connectivity index (χ1v) is 10.8. The molecule has 2 aromatic rings. The molecular weight excluding hydrogens is 364 g/mol. The Kier molecular flexibility index (Phi) is 7.08. The number of rotatable bonds is 8. The number of hydrogen-bond donors (Lipinski definition) is 1. The van der Waals surface area contributed by atoms with E-state index < -0.39 is 0 Å². The summed E-state index contributed by atoms with van der Waals surface area (Å²) in [5.41, 5.74) is 2.39. The first-order valence-electron chi connectivity index (χ1n) is 8.99. The van der Waals surface area contributed by atoms with E-state index in [2.05, 4.69) is 33.7 Å². The number of carbonyl (C=O) groups excluding carboxylic acids is 1. The smallest absolute Gasteiger partial charge is 0.237 e. The molecule has 0 saturated heterocycles. The van der Waals surface area contributed by atoms with Crippen molar-refractivity contribution < 1.29 is 4.79 Å². The van der Waals surface area contributed by atoms with Crippen LogP contribution in [0.3, 0.4) is 0 Å². The van der Waals surface area contributed by atoms with Crippen molar-refractivity contribution in [2.24, 2.45) is 0 Å². The van der Waals surface area contributed by atoms with E-state index in [0.717, 1.165) is 35.4 Å². The van der Waals surface area contributed by atoms with Gasteiger partial charge in [0, 0.05) is 18.8 Å². The van der Waals surface area contributed by atoms with Gasteiger partial charge < -0.3 is 10.2 Å².